The maximum absolute atomic E-state index is 10.2. The topological polar surface area (TPSA) is 58.1 Å². The molecule has 2 aromatic heterocycles. The van der Waals surface area contributed by atoms with Crippen LogP contribution in [0.1, 0.15) is 39.3 Å². The molecule has 126 valence electrons. The molecular formula is C20H24N2O2. The molecule has 0 radical (unpaired) electrons. The van der Waals surface area contributed by atoms with Crippen LogP contribution in [0.25, 0.3) is 21.8 Å². The molecule has 1 fully saturated rings. The molecule has 1 saturated heterocycles. The second-order valence-electron chi connectivity index (χ2n) is 7.78. The quantitative estimate of drug-likeness (QED) is 0.766. The molecule has 3 aromatic rings. The van der Waals surface area contributed by atoms with Crippen molar-refractivity contribution in [2.75, 3.05) is 0 Å². The smallest absolute Gasteiger partial charge is 0.0865 e. The summed E-state index contributed by atoms with van der Waals surface area (Å²) in [5.41, 5.74) is 2.16. The number of fused-ring (bicyclic) bond motifs is 3. The number of para-hydroxylation sites is 1. The lowest BCUT2D eigenvalue weighted by Gasteiger charge is -2.30. The van der Waals surface area contributed by atoms with Gasteiger partial charge in [0.1, 0.15) is 0 Å². The Morgan fingerprint density at radius 3 is 2.83 bits per heavy atom. The number of hydrogen-bond acceptors (Lipinski definition) is 3. The van der Waals surface area contributed by atoms with Crippen LogP contribution in [0.3, 0.4) is 0 Å². The second-order valence-corrected chi connectivity index (χ2v) is 7.78. The van der Waals surface area contributed by atoms with Gasteiger partial charge in [-0.3, -0.25) is 4.98 Å². The van der Waals surface area contributed by atoms with E-state index in [1.54, 1.807) is 0 Å². The highest BCUT2D eigenvalue weighted by molar-refractivity contribution is 6.07. The Morgan fingerprint density at radius 1 is 1.29 bits per heavy atom. The van der Waals surface area contributed by atoms with Gasteiger partial charge in [-0.2, -0.15) is 0 Å². The van der Waals surface area contributed by atoms with E-state index in [-0.39, 0.29) is 11.7 Å². The maximum Gasteiger partial charge on any atom is 0.0865 e. The highest BCUT2D eigenvalue weighted by Gasteiger charge is 2.42. The number of aromatic nitrogens is 2. The zero-order valence-corrected chi connectivity index (χ0v) is 14.5. The molecule has 1 aromatic carbocycles. The van der Waals surface area contributed by atoms with Crippen LogP contribution in [-0.4, -0.2) is 32.4 Å². The Balaban J connectivity index is 1.70. The SMILES string of the molecule is CC(C)(O)[C@H]1CC[C@](C)(Cc2nccc3c2[nH]c2ccccc23)O1. The van der Waals surface area contributed by atoms with E-state index in [2.05, 4.69) is 41.2 Å². The first-order valence-corrected chi connectivity index (χ1v) is 8.60. The Labute approximate surface area is 141 Å². The van der Waals surface area contributed by atoms with Crippen molar-refractivity contribution in [3.05, 3.63) is 42.2 Å². The minimum atomic E-state index is -0.807. The zero-order valence-electron chi connectivity index (χ0n) is 14.5. The number of H-pyrrole nitrogens is 1. The Morgan fingerprint density at radius 2 is 2.08 bits per heavy atom. The molecule has 0 aliphatic carbocycles. The zero-order chi connectivity index (χ0) is 16.9. The standard InChI is InChI=1S/C20H24N2O2/c1-19(2,23)17-8-10-20(3,24-17)12-16-18-14(9-11-21-16)13-6-4-5-7-15(13)22-18/h4-7,9,11,17,22-23H,8,10,12H2,1-3H3/t17-,20-/m1/s1. The average Bonchev–Trinajstić information content (AvgIpc) is 3.09. The third-order valence-electron chi connectivity index (χ3n) is 5.20. The number of ether oxygens (including phenoxy) is 1. The van der Waals surface area contributed by atoms with E-state index in [0.29, 0.717) is 0 Å². The number of aromatic amines is 1. The molecule has 4 heteroatoms. The Bertz CT molecular complexity index is 893. The summed E-state index contributed by atoms with van der Waals surface area (Å²) in [6, 6.07) is 10.4. The highest BCUT2D eigenvalue weighted by atomic mass is 16.5. The van der Waals surface area contributed by atoms with Crippen LogP contribution < -0.4 is 0 Å². The van der Waals surface area contributed by atoms with Gasteiger partial charge < -0.3 is 14.8 Å². The normalized spacial score (nSPS) is 24.9. The summed E-state index contributed by atoms with van der Waals surface area (Å²) in [5.74, 6) is 0. The van der Waals surface area contributed by atoms with Gasteiger partial charge in [0.15, 0.2) is 0 Å². The van der Waals surface area contributed by atoms with Gasteiger partial charge in [-0.1, -0.05) is 18.2 Å². The van der Waals surface area contributed by atoms with Gasteiger partial charge in [-0.05, 0) is 45.7 Å². The summed E-state index contributed by atoms with van der Waals surface area (Å²) in [6.45, 7) is 5.77. The van der Waals surface area contributed by atoms with Crippen molar-refractivity contribution in [2.24, 2.45) is 0 Å². The molecule has 1 aliphatic heterocycles. The van der Waals surface area contributed by atoms with Crippen LogP contribution in [0.5, 0.6) is 0 Å². The molecule has 4 nitrogen and oxygen atoms in total. The minimum absolute atomic E-state index is 0.121. The van der Waals surface area contributed by atoms with Crippen molar-refractivity contribution in [2.45, 2.75) is 57.3 Å². The van der Waals surface area contributed by atoms with E-state index in [9.17, 15) is 5.11 Å². The molecule has 4 rings (SSSR count). The number of aliphatic hydroxyl groups is 1. The van der Waals surface area contributed by atoms with Crippen LogP contribution >= 0.6 is 0 Å². The fraction of sp³-hybridized carbons (Fsp3) is 0.450. The van der Waals surface area contributed by atoms with Crippen molar-refractivity contribution in [3.63, 3.8) is 0 Å². The van der Waals surface area contributed by atoms with Crippen LogP contribution in [-0.2, 0) is 11.2 Å². The molecule has 1 aliphatic rings. The Hall–Kier alpha value is -1.91. The molecule has 0 spiro atoms. The number of nitrogens with one attached hydrogen (secondary N) is 1. The molecule has 2 N–H and O–H groups in total. The van der Waals surface area contributed by atoms with Crippen LogP contribution in [0.2, 0.25) is 0 Å². The number of nitrogens with zero attached hydrogens (tertiary/aromatic N) is 1. The molecular weight excluding hydrogens is 300 g/mol. The van der Waals surface area contributed by atoms with Crippen LogP contribution in [0, 0.1) is 0 Å². The summed E-state index contributed by atoms with van der Waals surface area (Å²) >= 11 is 0. The van der Waals surface area contributed by atoms with Crippen molar-refractivity contribution in [3.8, 4) is 0 Å². The average molecular weight is 324 g/mol. The molecule has 0 bridgehead atoms. The predicted molar refractivity (Wildman–Crippen MR) is 96.1 cm³/mol. The minimum Gasteiger partial charge on any atom is -0.388 e. The molecule has 0 amide bonds. The summed E-state index contributed by atoms with van der Waals surface area (Å²) in [4.78, 5) is 8.14. The first kappa shape index (κ1) is 15.6. The monoisotopic (exact) mass is 324 g/mol. The van der Waals surface area contributed by atoms with Gasteiger partial charge in [-0.25, -0.2) is 0 Å². The second kappa shape index (κ2) is 5.30. The van der Waals surface area contributed by atoms with Gasteiger partial charge in [0.2, 0.25) is 0 Å². The molecule has 3 heterocycles. The first-order chi connectivity index (χ1) is 11.4. The summed E-state index contributed by atoms with van der Waals surface area (Å²) in [7, 11) is 0. The number of pyridine rings is 1. The molecule has 0 saturated carbocycles. The van der Waals surface area contributed by atoms with Gasteiger partial charge in [-0.15, -0.1) is 0 Å². The van der Waals surface area contributed by atoms with Crippen molar-refractivity contribution < 1.29 is 9.84 Å². The van der Waals surface area contributed by atoms with E-state index in [1.165, 1.54) is 10.8 Å². The van der Waals surface area contributed by atoms with E-state index < -0.39 is 5.60 Å². The first-order valence-electron chi connectivity index (χ1n) is 8.60. The van der Waals surface area contributed by atoms with E-state index in [1.807, 2.05) is 26.1 Å². The fourth-order valence-corrected chi connectivity index (χ4v) is 3.84. The lowest BCUT2D eigenvalue weighted by atomic mass is 9.93. The number of hydrogen-bond donors (Lipinski definition) is 2. The molecule has 2 atom stereocenters. The van der Waals surface area contributed by atoms with E-state index in [0.717, 1.165) is 36.0 Å². The lowest BCUT2D eigenvalue weighted by molar-refractivity contribution is -0.115. The Kier molecular flexibility index (Phi) is 3.44. The molecule has 24 heavy (non-hydrogen) atoms. The maximum atomic E-state index is 10.2. The van der Waals surface area contributed by atoms with E-state index >= 15 is 0 Å². The highest BCUT2D eigenvalue weighted by Crippen LogP contribution is 2.38. The summed E-state index contributed by atoms with van der Waals surface area (Å²) in [6.07, 6.45) is 4.31. The molecule has 0 unspecified atom stereocenters. The van der Waals surface area contributed by atoms with Crippen molar-refractivity contribution >= 4 is 21.8 Å². The fourth-order valence-electron chi connectivity index (χ4n) is 3.84. The van der Waals surface area contributed by atoms with Gasteiger partial charge in [0, 0.05) is 28.9 Å². The third kappa shape index (κ3) is 2.60. The third-order valence-corrected chi connectivity index (χ3v) is 5.20. The number of rotatable bonds is 3. The van der Waals surface area contributed by atoms with Crippen molar-refractivity contribution in [1.82, 2.24) is 9.97 Å². The van der Waals surface area contributed by atoms with Gasteiger partial charge in [0.05, 0.1) is 28.5 Å². The van der Waals surface area contributed by atoms with E-state index in [4.69, 9.17) is 4.74 Å². The lowest BCUT2D eigenvalue weighted by Crippen LogP contribution is -2.39. The van der Waals surface area contributed by atoms with Crippen LogP contribution in [0.15, 0.2) is 36.5 Å². The largest absolute Gasteiger partial charge is 0.388 e. The van der Waals surface area contributed by atoms with Crippen molar-refractivity contribution in [1.29, 1.82) is 0 Å². The van der Waals surface area contributed by atoms with Gasteiger partial charge >= 0.3 is 0 Å². The summed E-state index contributed by atoms with van der Waals surface area (Å²) < 4.78 is 6.24. The summed E-state index contributed by atoms with van der Waals surface area (Å²) in [5, 5.41) is 12.7. The predicted octanol–water partition coefficient (Wildman–Crippen LogP) is 3.97. The van der Waals surface area contributed by atoms with Crippen LogP contribution in [0.4, 0.5) is 0 Å². The van der Waals surface area contributed by atoms with Gasteiger partial charge in [0.25, 0.3) is 0 Å². The number of benzene rings is 1.